The maximum atomic E-state index is 11.6. The van der Waals surface area contributed by atoms with Crippen LogP contribution in [0.3, 0.4) is 0 Å². The average molecular weight is 259 g/mol. The lowest BCUT2D eigenvalue weighted by Crippen LogP contribution is -2.10. The number of esters is 1. The van der Waals surface area contributed by atoms with E-state index in [-0.39, 0.29) is 18.3 Å². The molecule has 100 valence electrons. The SMILES string of the molecule is COC(=O)C[C@@H](c1ccc(C)cc1)c1cc(C)on1. The predicted molar refractivity (Wildman–Crippen MR) is 70.9 cm³/mol. The predicted octanol–water partition coefficient (Wildman–Crippen LogP) is 2.99. The van der Waals surface area contributed by atoms with E-state index >= 15 is 0 Å². The van der Waals surface area contributed by atoms with Gasteiger partial charge in [-0.3, -0.25) is 4.79 Å². The number of benzene rings is 1. The minimum atomic E-state index is -0.258. The van der Waals surface area contributed by atoms with E-state index in [1.54, 1.807) is 0 Å². The average Bonchev–Trinajstić information content (AvgIpc) is 2.83. The number of rotatable bonds is 4. The molecule has 1 aromatic heterocycles. The lowest BCUT2D eigenvalue weighted by Gasteiger charge is -2.13. The van der Waals surface area contributed by atoms with E-state index in [4.69, 9.17) is 9.26 Å². The molecule has 19 heavy (non-hydrogen) atoms. The molecule has 0 radical (unpaired) electrons. The topological polar surface area (TPSA) is 52.3 Å². The van der Waals surface area contributed by atoms with Gasteiger partial charge < -0.3 is 9.26 Å². The Hall–Kier alpha value is -2.10. The van der Waals surface area contributed by atoms with Crippen molar-refractivity contribution < 1.29 is 14.1 Å². The Bertz CT molecular complexity index is 557. The summed E-state index contributed by atoms with van der Waals surface area (Å²) in [4.78, 5) is 11.6. The Labute approximate surface area is 112 Å². The molecule has 0 aliphatic carbocycles. The monoisotopic (exact) mass is 259 g/mol. The lowest BCUT2D eigenvalue weighted by atomic mass is 9.92. The molecule has 1 atom stereocenters. The fourth-order valence-corrected chi connectivity index (χ4v) is 1.99. The molecule has 0 saturated heterocycles. The molecule has 0 saturated carbocycles. The van der Waals surface area contributed by atoms with Crippen LogP contribution in [-0.2, 0) is 9.53 Å². The van der Waals surface area contributed by atoms with Crippen molar-refractivity contribution in [1.82, 2.24) is 5.16 Å². The zero-order valence-electron chi connectivity index (χ0n) is 11.3. The fourth-order valence-electron chi connectivity index (χ4n) is 1.99. The molecule has 4 nitrogen and oxygen atoms in total. The van der Waals surface area contributed by atoms with Crippen LogP contribution >= 0.6 is 0 Å². The van der Waals surface area contributed by atoms with Gasteiger partial charge in [-0.15, -0.1) is 0 Å². The van der Waals surface area contributed by atoms with Crippen LogP contribution in [0.15, 0.2) is 34.9 Å². The van der Waals surface area contributed by atoms with Gasteiger partial charge in [-0.05, 0) is 19.4 Å². The van der Waals surface area contributed by atoms with Gasteiger partial charge in [-0.1, -0.05) is 35.0 Å². The highest BCUT2D eigenvalue weighted by atomic mass is 16.5. The van der Waals surface area contributed by atoms with E-state index in [2.05, 4.69) is 5.16 Å². The van der Waals surface area contributed by atoms with Gasteiger partial charge in [0.2, 0.25) is 0 Å². The third kappa shape index (κ3) is 3.22. The van der Waals surface area contributed by atoms with Gasteiger partial charge in [0.1, 0.15) is 5.76 Å². The molecule has 0 bridgehead atoms. The van der Waals surface area contributed by atoms with Crippen molar-refractivity contribution in [1.29, 1.82) is 0 Å². The Balaban J connectivity index is 2.33. The number of aromatic nitrogens is 1. The summed E-state index contributed by atoms with van der Waals surface area (Å²) in [6.45, 7) is 3.86. The summed E-state index contributed by atoms with van der Waals surface area (Å²) >= 11 is 0. The van der Waals surface area contributed by atoms with Crippen molar-refractivity contribution in [2.24, 2.45) is 0 Å². The fraction of sp³-hybridized carbons (Fsp3) is 0.333. The Morgan fingerprint density at radius 2 is 2.00 bits per heavy atom. The number of carbonyl (C=O) groups is 1. The van der Waals surface area contributed by atoms with Crippen molar-refractivity contribution in [3.05, 3.63) is 52.9 Å². The van der Waals surface area contributed by atoms with Crippen LogP contribution in [0, 0.1) is 13.8 Å². The second-order valence-corrected chi connectivity index (χ2v) is 4.61. The molecular formula is C15H17NO3. The second kappa shape index (κ2) is 5.69. The van der Waals surface area contributed by atoms with Crippen LogP contribution in [0.25, 0.3) is 0 Å². The van der Waals surface area contributed by atoms with E-state index in [0.717, 1.165) is 17.0 Å². The number of aryl methyl sites for hydroxylation is 2. The highest BCUT2D eigenvalue weighted by molar-refractivity contribution is 5.71. The number of hydrogen-bond donors (Lipinski definition) is 0. The van der Waals surface area contributed by atoms with Crippen molar-refractivity contribution in [3.8, 4) is 0 Å². The van der Waals surface area contributed by atoms with Gasteiger partial charge in [0.15, 0.2) is 0 Å². The van der Waals surface area contributed by atoms with Crippen LogP contribution in [0.5, 0.6) is 0 Å². The number of methoxy groups -OCH3 is 1. The summed E-state index contributed by atoms with van der Waals surface area (Å²) in [6.07, 6.45) is 0.255. The largest absolute Gasteiger partial charge is 0.469 e. The van der Waals surface area contributed by atoms with Crippen LogP contribution in [0.2, 0.25) is 0 Å². The molecule has 2 aromatic rings. The smallest absolute Gasteiger partial charge is 0.306 e. The molecule has 0 amide bonds. The maximum absolute atomic E-state index is 11.6. The molecule has 1 heterocycles. The van der Waals surface area contributed by atoms with E-state index < -0.39 is 0 Å². The first kappa shape index (κ1) is 13.3. The summed E-state index contributed by atoms with van der Waals surface area (Å²) in [6, 6.07) is 9.91. The molecule has 0 aliphatic heterocycles. The van der Waals surface area contributed by atoms with E-state index in [1.165, 1.54) is 12.7 Å². The van der Waals surface area contributed by atoms with Crippen LogP contribution in [0.4, 0.5) is 0 Å². The van der Waals surface area contributed by atoms with Gasteiger partial charge in [0.05, 0.1) is 19.2 Å². The zero-order valence-corrected chi connectivity index (χ0v) is 11.3. The third-order valence-corrected chi connectivity index (χ3v) is 3.08. The van der Waals surface area contributed by atoms with Crippen molar-refractivity contribution in [2.75, 3.05) is 7.11 Å². The third-order valence-electron chi connectivity index (χ3n) is 3.08. The molecule has 4 heteroatoms. The van der Waals surface area contributed by atoms with Crippen LogP contribution < -0.4 is 0 Å². The summed E-state index contributed by atoms with van der Waals surface area (Å²) in [5.74, 6) is 0.341. The van der Waals surface area contributed by atoms with E-state index in [1.807, 2.05) is 44.2 Å². The molecule has 0 aliphatic rings. The molecule has 0 N–H and O–H groups in total. The minimum Gasteiger partial charge on any atom is -0.469 e. The molecule has 0 fully saturated rings. The maximum Gasteiger partial charge on any atom is 0.306 e. The standard InChI is InChI=1S/C15H17NO3/c1-10-4-6-12(7-5-10)13(9-15(17)18-3)14-8-11(2)19-16-14/h4-8,13H,9H2,1-3H3/t13-/m0/s1. The van der Waals surface area contributed by atoms with E-state index in [9.17, 15) is 4.79 Å². The Morgan fingerprint density at radius 3 is 2.53 bits per heavy atom. The Morgan fingerprint density at radius 1 is 1.32 bits per heavy atom. The van der Waals surface area contributed by atoms with Gasteiger partial charge >= 0.3 is 5.97 Å². The van der Waals surface area contributed by atoms with Crippen LogP contribution in [-0.4, -0.2) is 18.2 Å². The van der Waals surface area contributed by atoms with Gasteiger partial charge in [-0.25, -0.2) is 0 Å². The quantitative estimate of drug-likeness (QED) is 0.792. The van der Waals surface area contributed by atoms with Gasteiger partial charge in [0.25, 0.3) is 0 Å². The second-order valence-electron chi connectivity index (χ2n) is 4.61. The van der Waals surface area contributed by atoms with Crippen molar-refractivity contribution >= 4 is 5.97 Å². The lowest BCUT2D eigenvalue weighted by molar-refractivity contribution is -0.140. The zero-order chi connectivity index (χ0) is 13.8. The summed E-state index contributed by atoms with van der Waals surface area (Å²) in [5.41, 5.74) is 2.97. The normalized spacial score (nSPS) is 12.2. The first-order chi connectivity index (χ1) is 9.10. The molecule has 1 aromatic carbocycles. The molecule has 0 unspecified atom stereocenters. The highest BCUT2D eigenvalue weighted by Crippen LogP contribution is 2.28. The number of nitrogens with zero attached hydrogens (tertiary/aromatic N) is 1. The van der Waals surface area contributed by atoms with E-state index in [0.29, 0.717) is 0 Å². The minimum absolute atomic E-state index is 0.134. The van der Waals surface area contributed by atoms with Crippen LogP contribution in [0.1, 0.15) is 34.9 Å². The molecule has 0 spiro atoms. The number of hydrogen-bond acceptors (Lipinski definition) is 4. The van der Waals surface area contributed by atoms with Crippen molar-refractivity contribution in [3.63, 3.8) is 0 Å². The Kier molecular flexibility index (Phi) is 4.00. The van der Waals surface area contributed by atoms with Crippen molar-refractivity contribution in [2.45, 2.75) is 26.2 Å². The molecular weight excluding hydrogens is 242 g/mol. The molecule has 2 rings (SSSR count). The first-order valence-electron chi connectivity index (χ1n) is 6.16. The summed E-state index contributed by atoms with van der Waals surface area (Å²) < 4.78 is 9.86. The number of ether oxygens (including phenoxy) is 1. The van der Waals surface area contributed by atoms with Gasteiger partial charge in [0, 0.05) is 12.0 Å². The number of carbonyl (C=O) groups excluding carboxylic acids is 1. The summed E-state index contributed by atoms with van der Waals surface area (Å²) in [7, 11) is 1.39. The summed E-state index contributed by atoms with van der Waals surface area (Å²) in [5, 5.41) is 4.02. The van der Waals surface area contributed by atoms with Gasteiger partial charge in [-0.2, -0.15) is 0 Å². The first-order valence-corrected chi connectivity index (χ1v) is 6.16. The highest BCUT2D eigenvalue weighted by Gasteiger charge is 2.21.